The molecule has 29 heavy (non-hydrogen) atoms. The second-order valence-corrected chi connectivity index (χ2v) is 6.36. The van der Waals surface area contributed by atoms with E-state index >= 15 is 0 Å². The highest BCUT2D eigenvalue weighted by Gasteiger charge is 2.25. The molecule has 0 heterocycles. The van der Waals surface area contributed by atoms with Crippen LogP contribution in [0.2, 0.25) is 0 Å². The van der Waals surface area contributed by atoms with E-state index in [1.54, 1.807) is 18.2 Å². The minimum atomic E-state index is -1.74. The van der Waals surface area contributed by atoms with Crippen molar-refractivity contribution >= 4 is 23.5 Å². The van der Waals surface area contributed by atoms with Gasteiger partial charge in [-0.25, -0.2) is 18.0 Å². The van der Waals surface area contributed by atoms with E-state index in [0.29, 0.717) is 11.6 Å². The first kappa shape index (κ1) is 21.9. The van der Waals surface area contributed by atoms with Crippen molar-refractivity contribution < 1.29 is 32.3 Å². The maximum absolute atomic E-state index is 13.6. The van der Waals surface area contributed by atoms with Crippen molar-refractivity contribution in [1.29, 1.82) is 0 Å². The number of esters is 1. The number of anilines is 1. The summed E-state index contributed by atoms with van der Waals surface area (Å²) in [6, 6.07) is 7.13. The van der Waals surface area contributed by atoms with Crippen molar-refractivity contribution in [3.05, 3.63) is 65.0 Å². The molecule has 0 fully saturated rings. The highest BCUT2D eigenvalue weighted by atomic mass is 19.2. The third kappa shape index (κ3) is 5.56. The topological polar surface area (TPSA) is 84.5 Å². The van der Waals surface area contributed by atoms with Crippen LogP contribution < -0.4 is 10.6 Å². The van der Waals surface area contributed by atoms with E-state index in [1.165, 1.54) is 13.8 Å². The number of hydrogen-bond donors (Lipinski definition) is 2. The third-order valence-corrected chi connectivity index (χ3v) is 3.94. The van der Waals surface area contributed by atoms with Gasteiger partial charge in [-0.3, -0.25) is 9.59 Å². The summed E-state index contributed by atoms with van der Waals surface area (Å²) >= 11 is 0. The Morgan fingerprint density at radius 3 is 2.34 bits per heavy atom. The fraction of sp³-hybridized carbons (Fsp3) is 0.250. The molecule has 2 rings (SSSR count). The average molecular weight is 408 g/mol. The smallest absolute Gasteiger partial charge is 0.329 e. The Labute approximate surface area is 165 Å². The minimum Gasteiger partial charge on any atom is -0.451 e. The SMILES string of the molecule is Cc1cccc(C(=O)N[C@@H](C)C(=O)O[C@@H](C)C(=O)Nc2ccc(F)c(F)c2F)c1. The molecule has 0 radical (unpaired) electrons. The van der Waals surface area contributed by atoms with E-state index in [4.69, 9.17) is 4.74 Å². The summed E-state index contributed by atoms with van der Waals surface area (Å²) in [6.07, 6.45) is -1.38. The molecule has 0 saturated heterocycles. The number of halogens is 3. The molecular weight excluding hydrogens is 389 g/mol. The second kappa shape index (κ2) is 9.22. The number of hydrogen-bond acceptors (Lipinski definition) is 4. The Morgan fingerprint density at radius 2 is 1.69 bits per heavy atom. The molecule has 9 heteroatoms. The lowest BCUT2D eigenvalue weighted by Gasteiger charge is -2.18. The van der Waals surface area contributed by atoms with Crippen LogP contribution in [-0.4, -0.2) is 29.9 Å². The third-order valence-electron chi connectivity index (χ3n) is 3.94. The van der Waals surface area contributed by atoms with Crippen molar-refractivity contribution in [2.24, 2.45) is 0 Å². The summed E-state index contributed by atoms with van der Waals surface area (Å²) in [7, 11) is 0. The van der Waals surface area contributed by atoms with Crippen LogP contribution in [0.1, 0.15) is 29.8 Å². The van der Waals surface area contributed by atoms with Gasteiger partial charge in [0.05, 0.1) is 5.69 Å². The molecule has 2 atom stereocenters. The van der Waals surface area contributed by atoms with Crippen molar-refractivity contribution in [2.45, 2.75) is 32.9 Å². The van der Waals surface area contributed by atoms with Gasteiger partial charge in [0.1, 0.15) is 6.04 Å². The van der Waals surface area contributed by atoms with Crippen LogP contribution in [0, 0.1) is 24.4 Å². The maximum Gasteiger partial charge on any atom is 0.329 e. The van der Waals surface area contributed by atoms with Crippen LogP contribution in [0.5, 0.6) is 0 Å². The summed E-state index contributed by atoms with van der Waals surface area (Å²) in [5, 5.41) is 4.45. The first-order valence-electron chi connectivity index (χ1n) is 8.62. The Bertz CT molecular complexity index is 949. The van der Waals surface area contributed by atoms with E-state index in [2.05, 4.69) is 5.32 Å². The molecule has 0 aliphatic rings. The van der Waals surface area contributed by atoms with Crippen LogP contribution in [0.4, 0.5) is 18.9 Å². The van der Waals surface area contributed by atoms with Crippen LogP contribution in [-0.2, 0) is 14.3 Å². The second-order valence-electron chi connectivity index (χ2n) is 6.36. The van der Waals surface area contributed by atoms with E-state index in [-0.39, 0.29) is 0 Å². The van der Waals surface area contributed by atoms with Gasteiger partial charge >= 0.3 is 5.97 Å². The molecule has 2 amide bonds. The lowest BCUT2D eigenvalue weighted by Crippen LogP contribution is -2.42. The lowest BCUT2D eigenvalue weighted by molar-refractivity contribution is -0.154. The van der Waals surface area contributed by atoms with Gasteiger partial charge in [0, 0.05) is 5.56 Å². The monoisotopic (exact) mass is 408 g/mol. The van der Waals surface area contributed by atoms with Crippen LogP contribution in [0.25, 0.3) is 0 Å². The lowest BCUT2D eigenvalue weighted by atomic mass is 10.1. The molecule has 2 aromatic carbocycles. The van der Waals surface area contributed by atoms with Gasteiger partial charge in [-0.1, -0.05) is 17.7 Å². The molecule has 0 aliphatic carbocycles. The van der Waals surface area contributed by atoms with Crippen molar-refractivity contribution in [3.63, 3.8) is 0 Å². The number of nitrogens with one attached hydrogen (secondary N) is 2. The molecule has 0 aliphatic heterocycles. The summed E-state index contributed by atoms with van der Waals surface area (Å²) in [6.45, 7) is 4.39. The predicted molar refractivity (Wildman–Crippen MR) is 98.6 cm³/mol. The zero-order valence-corrected chi connectivity index (χ0v) is 15.9. The molecular formula is C20H19F3N2O4. The molecule has 0 unspecified atom stereocenters. The largest absolute Gasteiger partial charge is 0.451 e. The van der Waals surface area contributed by atoms with Crippen LogP contribution >= 0.6 is 0 Å². The number of ether oxygens (including phenoxy) is 1. The fourth-order valence-electron chi connectivity index (χ4n) is 2.31. The zero-order valence-electron chi connectivity index (χ0n) is 15.9. The van der Waals surface area contributed by atoms with E-state index in [9.17, 15) is 27.6 Å². The van der Waals surface area contributed by atoms with E-state index in [1.807, 2.05) is 18.3 Å². The normalized spacial score (nSPS) is 12.6. The van der Waals surface area contributed by atoms with Gasteiger partial charge in [-0.05, 0) is 45.0 Å². The number of aryl methyl sites for hydroxylation is 1. The Kier molecular flexibility index (Phi) is 6.98. The molecule has 154 valence electrons. The number of rotatable bonds is 6. The number of amides is 2. The van der Waals surface area contributed by atoms with Crippen molar-refractivity contribution in [1.82, 2.24) is 5.32 Å². The zero-order chi connectivity index (χ0) is 21.7. The average Bonchev–Trinajstić information content (AvgIpc) is 2.68. The maximum atomic E-state index is 13.6. The summed E-state index contributed by atoms with van der Waals surface area (Å²) < 4.78 is 44.7. The fourth-order valence-corrected chi connectivity index (χ4v) is 2.31. The van der Waals surface area contributed by atoms with Gasteiger partial charge in [-0.15, -0.1) is 0 Å². The Balaban J connectivity index is 1.94. The molecule has 0 bridgehead atoms. The van der Waals surface area contributed by atoms with Gasteiger partial charge < -0.3 is 15.4 Å². The van der Waals surface area contributed by atoms with Crippen LogP contribution in [0.15, 0.2) is 36.4 Å². The van der Waals surface area contributed by atoms with E-state index in [0.717, 1.165) is 11.6 Å². The van der Waals surface area contributed by atoms with Crippen molar-refractivity contribution in [3.8, 4) is 0 Å². The molecule has 2 aromatic rings. The summed E-state index contributed by atoms with van der Waals surface area (Å²) in [5.74, 6) is -7.08. The Morgan fingerprint density at radius 1 is 1.00 bits per heavy atom. The number of carbonyl (C=O) groups excluding carboxylic acids is 3. The summed E-state index contributed by atoms with van der Waals surface area (Å²) in [5.41, 5.74) is 0.615. The number of benzene rings is 2. The standard InChI is InChI=1S/C20H19F3N2O4/c1-10-5-4-6-13(9-10)19(27)24-11(2)20(28)29-12(3)18(26)25-15-8-7-14(21)16(22)17(15)23/h4-9,11-12H,1-3H3,(H,24,27)(H,25,26)/t11-,12-/m0/s1. The molecule has 0 spiro atoms. The first-order valence-corrected chi connectivity index (χ1v) is 8.62. The highest BCUT2D eigenvalue weighted by molar-refractivity contribution is 5.98. The minimum absolute atomic E-state index is 0.351. The first-order chi connectivity index (χ1) is 13.6. The van der Waals surface area contributed by atoms with Crippen molar-refractivity contribution in [2.75, 3.05) is 5.32 Å². The van der Waals surface area contributed by atoms with E-state index < -0.39 is 53.1 Å². The molecule has 2 N–H and O–H groups in total. The molecule has 0 saturated carbocycles. The van der Waals surface area contributed by atoms with Gasteiger partial charge in [0.25, 0.3) is 11.8 Å². The highest BCUT2D eigenvalue weighted by Crippen LogP contribution is 2.20. The Hall–Kier alpha value is -3.36. The van der Waals surface area contributed by atoms with Gasteiger partial charge in [0.15, 0.2) is 23.6 Å². The molecule has 6 nitrogen and oxygen atoms in total. The summed E-state index contributed by atoms with van der Waals surface area (Å²) in [4.78, 5) is 36.3. The van der Waals surface area contributed by atoms with Gasteiger partial charge in [0.2, 0.25) is 0 Å². The predicted octanol–water partition coefficient (Wildman–Crippen LogP) is 3.10. The quantitative estimate of drug-likeness (QED) is 0.568. The van der Waals surface area contributed by atoms with Gasteiger partial charge in [-0.2, -0.15) is 0 Å². The van der Waals surface area contributed by atoms with Crippen LogP contribution in [0.3, 0.4) is 0 Å². The molecule has 0 aromatic heterocycles. The number of carbonyl (C=O) groups is 3.